The van der Waals surface area contributed by atoms with Crippen LogP contribution in [0.4, 0.5) is 4.79 Å². The highest BCUT2D eigenvalue weighted by Crippen LogP contribution is 2.41. The van der Waals surface area contributed by atoms with Gasteiger partial charge in [0.05, 0.1) is 0 Å². The molecule has 1 unspecified atom stereocenters. The number of imide groups is 1. The van der Waals surface area contributed by atoms with Crippen LogP contribution in [0.1, 0.15) is 18.5 Å². The van der Waals surface area contributed by atoms with Crippen LogP contribution in [-0.2, 0) is 31.0 Å². The van der Waals surface area contributed by atoms with E-state index in [1.54, 1.807) is 14.0 Å². The van der Waals surface area contributed by atoms with Crippen molar-refractivity contribution in [3.63, 3.8) is 0 Å². The highest BCUT2D eigenvalue weighted by Gasteiger charge is 2.54. The van der Waals surface area contributed by atoms with Gasteiger partial charge in [-0.3, -0.25) is 29.0 Å². The van der Waals surface area contributed by atoms with Gasteiger partial charge < -0.3 is 25.7 Å². The van der Waals surface area contributed by atoms with Gasteiger partial charge in [-0.25, -0.2) is 14.3 Å². The predicted molar refractivity (Wildman–Crippen MR) is 153 cm³/mol. The van der Waals surface area contributed by atoms with Crippen LogP contribution in [0.5, 0.6) is 5.75 Å². The lowest BCUT2D eigenvalue weighted by Gasteiger charge is -2.49. The summed E-state index contributed by atoms with van der Waals surface area (Å²) in [5, 5.41) is 35.6. The van der Waals surface area contributed by atoms with Crippen molar-refractivity contribution in [3.8, 4) is 5.75 Å². The number of urea groups is 1. The molecule has 2 fully saturated rings. The zero-order valence-corrected chi connectivity index (χ0v) is 25.0. The van der Waals surface area contributed by atoms with Gasteiger partial charge in [-0.1, -0.05) is 23.9 Å². The number of aromatic hydroxyl groups is 1. The number of rotatable bonds is 9. The van der Waals surface area contributed by atoms with E-state index in [0.29, 0.717) is 22.2 Å². The van der Waals surface area contributed by atoms with Gasteiger partial charge in [0, 0.05) is 38.2 Å². The van der Waals surface area contributed by atoms with Crippen molar-refractivity contribution in [2.75, 3.05) is 31.1 Å². The summed E-state index contributed by atoms with van der Waals surface area (Å²) in [7, 11) is 1.64. The number of piperazine rings is 1. The fourth-order valence-electron chi connectivity index (χ4n) is 4.86. The van der Waals surface area contributed by atoms with E-state index in [9.17, 15) is 39.0 Å². The Hall–Kier alpha value is -4.65. The molecule has 5 rings (SSSR count). The Labute approximate surface area is 258 Å². The lowest BCUT2D eigenvalue weighted by Crippen LogP contribution is -2.71. The van der Waals surface area contributed by atoms with Crippen LogP contribution in [0.15, 0.2) is 40.7 Å². The molecule has 1 aromatic carbocycles. The van der Waals surface area contributed by atoms with Gasteiger partial charge in [-0.15, -0.1) is 16.9 Å². The molecule has 232 valence electrons. The number of carbonyl (C=O) groups excluding carboxylic acids is 5. The Morgan fingerprint density at radius 2 is 1.86 bits per heavy atom. The molecule has 6 amide bonds. The SMILES string of the molecule is CCN1CCN(C(=O)NC(C(=O)N[C@@H]2C(=O)N3C(C(=O)O)=C(CSc4nnnn4C)CS[C@H]23)c2ccc(O)cc2)C(=O)C1=O. The molecule has 1 aromatic heterocycles. The number of carboxylic acids is 1. The number of nitrogens with zero attached hydrogens (tertiary/aromatic N) is 7. The van der Waals surface area contributed by atoms with Gasteiger partial charge in [0.2, 0.25) is 11.1 Å². The summed E-state index contributed by atoms with van der Waals surface area (Å²) in [6, 6.07) is 1.84. The average molecular weight is 646 g/mol. The van der Waals surface area contributed by atoms with Crippen LogP contribution in [0.3, 0.4) is 0 Å². The molecule has 0 aliphatic carbocycles. The van der Waals surface area contributed by atoms with E-state index in [2.05, 4.69) is 26.2 Å². The molecular weight excluding hydrogens is 618 g/mol. The van der Waals surface area contributed by atoms with E-state index in [1.807, 2.05) is 0 Å². The first-order valence-electron chi connectivity index (χ1n) is 13.3. The lowest BCUT2D eigenvalue weighted by atomic mass is 10.0. The zero-order chi connectivity index (χ0) is 31.7. The first-order valence-corrected chi connectivity index (χ1v) is 15.3. The maximum absolute atomic E-state index is 13.6. The molecule has 3 aliphatic rings. The van der Waals surface area contributed by atoms with E-state index >= 15 is 0 Å². The number of β-lactam (4-membered cyclic amide) rings is 1. The van der Waals surface area contributed by atoms with E-state index < -0.39 is 53.1 Å². The number of aliphatic carboxylic acids is 1. The number of fused-ring (bicyclic) bond motifs is 1. The Morgan fingerprint density at radius 3 is 2.50 bits per heavy atom. The van der Waals surface area contributed by atoms with E-state index in [1.165, 1.54) is 57.4 Å². The minimum absolute atomic E-state index is 0.0823. The van der Waals surface area contributed by atoms with Crippen LogP contribution in [0.25, 0.3) is 0 Å². The quantitative estimate of drug-likeness (QED) is 0.145. The molecule has 2 saturated heterocycles. The van der Waals surface area contributed by atoms with Crippen molar-refractivity contribution >= 4 is 59.2 Å². The zero-order valence-electron chi connectivity index (χ0n) is 23.4. The molecule has 19 heteroatoms. The smallest absolute Gasteiger partial charge is 0.352 e. The molecule has 2 aromatic rings. The number of carboxylic acid groups (broad SMARTS) is 1. The Kier molecular flexibility index (Phi) is 8.77. The number of aromatic nitrogens is 4. The molecule has 44 heavy (non-hydrogen) atoms. The number of nitrogens with one attached hydrogen (secondary N) is 2. The monoisotopic (exact) mass is 645 g/mol. The highest BCUT2D eigenvalue weighted by atomic mass is 32.2. The Morgan fingerprint density at radius 1 is 1.14 bits per heavy atom. The topological polar surface area (TPSA) is 220 Å². The number of amides is 6. The first kappa shape index (κ1) is 30.8. The summed E-state index contributed by atoms with van der Waals surface area (Å²) in [6.45, 7) is 2.04. The fourth-order valence-corrected chi connectivity index (χ4v) is 7.20. The number of likely N-dealkylation sites (N-methyl/N-ethyl adjacent to an activating group) is 1. The van der Waals surface area contributed by atoms with Crippen LogP contribution in [0.2, 0.25) is 0 Å². The first-order chi connectivity index (χ1) is 21.0. The van der Waals surface area contributed by atoms with Crippen LogP contribution in [-0.4, -0.2) is 123 Å². The van der Waals surface area contributed by atoms with Crippen LogP contribution in [0, 0.1) is 0 Å². The number of hydrogen-bond donors (Lipinski definition) is 4. The third-order valence-electron chi connectivity index (χ3n) is 7.20. The van der Waals surface area contributed by atoms with Gasteiger partial charge in [0.1, 0.15) is 28.9 Å². The number of tetrazole rings is 1. The van der Waals surface area contributed by atoms with Crippen LogP contribution >= 0.6 is 23.5 Å². The largest absolute Gasteiger partial charge is 0.508 e. The average Bonchev–Trinajstić information content (AvgIpc) is 3.42. The van der Waals surface area contributed by atoms with Crippen LogP contribution < -0.4 is 10.6 Å². The summed E-state index contributed by atoms with van der Waals surface area (Å²) in [5.74, 6) is -4.26. The molecule has 0 bridgehead atoms. The van der Waals surface area contributed by atoms with Crippen molar-refractivity contribution in [2.24, 2.45) is 7.05 Å². The summed E-state index contributed by atoms with van der Waals surface area (Å²) < 4.78 is 1.44. The Bertz CT molecular complexity index is 1560. The molecule has 17 nitrogen and oxygen atoms in total. The van der Waals surface area contributed by atoms with E-state index in [4.69, 9.17) is 0 Å². The van der Waals surface area contributed by atoms with Crippen molar-refractivity contribution < 1.29 is 39.0 Å². The van der Waals surface area contributed by atoms with Crippen molar-refractivity contribution in [3.05, 3.63) is 41.1 Å². The fraction of sp³-hybridized carbons (Fsp3) is 0.400. The molecule has 3 aliphatic heterocycles. The third-order valence-corrected chi connectivity index (χ3v) is 9.63. The molecule has 0 radical (unpaired) electrons. The third kappa shape index (κ3) is 5.79. The minimum Gasteiger partial charge on any atom is -0.508 e. The summed E-state index contributed by atoms with van der Waals surface area (Å²) in [6.07, 6.45) is 0. The molecule has 3 atom stereocenters. The molecule has 0 saturated carbocycles. The van der Waals surface area contributed by atoms with Gasteiger partial charge in [-0.2, -0.15) is 0 Å². The lowest BCUT2D eigenvalue weighted by molar-refractivity contribution is -0.153. The predicted octanol–water partition coefficient (Wildman–Crippen LogP) is -1.11. The van der Waals surface area contributed by atoms with Crippen molar-refractivity contribution in [1.29, 1.82) is 0 Å². The number of hydrogen-bond acceptors (Lipinski definition) is 12. The standard InChI is InChI=1S/C25H27N9O8S2/c1-3-32-8-9-33(21(39)20(32)38)24(42)27-15(12-4-6-14(35)7-5-12)18(36)26-16-19(37)34-17(23(40)41)13(10-43-22(16)34)11-44-25-28-29-30-31(25)2/h4-7,15-16,22,35H,3,8-11H2,1-2H3,(H,26,36)(H,27,42)(H,40,41)/t15?,16-,22-/m1/s1. The maximum Gasteiger partial charge on any atom is 0.352 e. The summed E-state index contributed by atoms with van der Waals surface area (Å²) in [4.78, 5) is 80.1. The number of phenolic OH excluding ortho intramolecular Hbond substituents is 1. The number of carbonyl (C=O) groups is 6. The summed E-state index contributed by atoms with van der Waals surface area (Å²) in [5.41, 5.74) is 0.536. The van der Waals surface area contributed by atoms with Crippen molar-refractivity contribution in [1.82, 2.24) is 45.5 Å². The maximum atomic E-state index is 13.6. The van der Waals surface area contributed by atoms with Gasteiger partial charge in [0.15, 0.2) is 0 Å². The molecule has 4 N–H and O–H groups in total. The highest BCUT2D eigenvalue weighted by molar-refractivity contribution is 8.01. The van der Waals surface area contributed by atoms with Gasteiger partial charge in [-0.05, 0) is 40.6 Å². The van der Waals surface area contributed by atoms with E-state index in [-0.39, 0.29) is 41.6 Å². The number of aryl methyl sites for hydroxylation is 1. The normalized spacial score (nSPS) is 20.7. The second-order valence-electron chi connectivity index (χ2n) is 9.84. The van der Waals surface area contributed by atoms with E-state index in [0.717, 1.165) is 4.90 Å². The summed E-state index contributed by atoms with van der Waals surface area (Å²) >= 11 is 2.49. The number of benzene rings is 1. The number of thioether (sulfide) groups is 2. The minimum atomic E-state index is -1.42. The Balaban J connectivity index is 1.31. The van der Waals surface area contributed by atoms with Gasteiger partial charge >= 0.3 is 23.8 Å². The molecular formula is C25H27N9O8S2. The van der Waals surface area contributed by atoms with Gasteiger partial charge in [0.25, 0.3) is 5.91 Å². The molecule has 0 spiro atoms. The molecule has 4 heterocycles. The second kappa shape index (κ2) is 12.5. The number of phenols is 1. The second-order valence-corrected chi connectivity index (χ2v) is 11.9. The van der Waals surface area contributed by atoms with Crippen molar-refractivity contribution in [2.45, 2.75) is 29.5 Å².